The highest BCUT2D eigenvalue weighted by Gasteiger charge is 2.12. The van der Waals surface area contributed by atoms with E-state index in [1.54, 1.807) is 0 Å². The molecular formula is C15H14BrF2N. The summed E-state index contributed by atoms with van der Waals surface area (Å²) in [5, 5.41) is 0. The maximum absolute atomic E-state index is 13.6. The van der Waals surface area contributed by atoms with Crippen LogP contribution in [0.3, 0.4) is 0 Å². The second kappa shape index (κ2) is 5.80. The van der Waals surface area contributed by atoms with Crippen molar-refractivity contribution in [1.29, 1.82) is 0 Å². The van der Waals surface area contributed by atoms with Crippen LogP contribution in [0, 0.1) is 18.6 Å². The number of rotatable bonds is 3. The zero-order valence-electron chi connectivity index (χ0n) is 10.5. The molecule has 4 heteroatoms. The Balaban J connectivity index is 2.22. The topological polar surface area (TPSA) is 26.0 Å². The predicted octanol–water partition coefficient (Wildman–Crippen LogP) is 4.28. The maximum atomic E-state index is 13.6. The van der Waals surface area contributed by atoms with Gasteiger partial charge >= 0.3 is 0 Å². The molecule has 0 saturated heterocycles. The van der Waals surface area contributed by atoms with Crippen LogP contribution >= 0.6 is 15.9 Å². The van der Waals surface area contributed by atoms with E-state index in [9.17, 15) is 8.78 Å². The summed E-state index contributed by atoms with van der Waals surface area (Å²) in [5.41, 5.74) is 8.35. The molecule has 2 rings (SSSR count). The molecule has 0 heterocycles. The highest BCUT2D eigenvalue weighted by Crippen LogP contribution is 2.24. The summed E-state index contributed by atoms with van der Waals surface area (Å²) in [5.74, 6) is -0.878. The Kier molecular flexibility index (Phi) is 4.32. The van der Waals surface area contributed by atoms with Crippen molar-refractivity contribution in [3.05, 3.63) is 69.2 Å². The first-order chi connectivity index (χ1) is 8.97. The van der Waals surface area contributed by atoms with E-state index in [0.717, 1.165) is 27.7 Å². The van der Waals surface area contributed by atoms with Gasteiger partial charge in [0, 0.05) is 10.5 Å². The zero-order valence-corrected chi connectivity index (χ0v) is 12.0. The van der Waals surface area contributed by atoms with Crippen LogP contribution in [-0.2, 0) is 6.42 Å². The highest BCUT2D eigenvalue weighted by molar-refractivity contribution is 9.10. The van der Waals surface area contributed by atoms with Gasteiger partial charge in [0.05, 0.1) is 0 Å². The van der Waals surface area contributed by atoms with Crippen LogP contribution in [0.2, 0.25) is 0 Å². The van der Waals surface area contributed by atoms with E-state index in [0.29, 0.717) is 5.56 Å². The summed E-state index contributed by atoms with van der Waals surface area (Å²) in [6, 6.07) is 8.82. The van der Waals surface area contributed by atoms with Crippen LogP contribution < -0.4 is 5.73 Å². The summed E-state index contributed by atoms with van der Waals surface area (Å²) < 4.78 is 27.6. The van der Waals surface area contributed by atoms with Gasteiger partial charge in [0.2, 0.25) is 0 Å². The van der Waals surface area contributed by atoms with Crippen molar-refractivity contribution < 1.29 is 8.78 Å². The van der Waals surface area contributed by atoms with Gasteiger partial charge in [-0.3, -0.25) is 0 Å². The van der Waals surface area contributed by atoms with Gasteiger partial charge in [-0.05, 0) is 54.3 Å². The molecule has 100 valence electrons. The Morgan fingerprint density at radius 3 is 2.58 bits per heavy atom. The van der Waals surface area contributed by atoms with Gasteiger partial charge in [-0.25, -0.2) is 8.78 Å². The van der Waals surface area contributed by atoms with Gasteiger partial charge in [0.1, 0.15) is 11.6 Å². The summed E-state index contributed by atoms with van der Waals surface area (Å²) in [6.07, 6.45) is 0.263. The van der Waals surface area contributed by atoms with Crippen LogP contribution in [-0.4, -0.2) is 0 Å². The first kappa shape index (κ1) is 14.2. The van der Waals surface area contributed by atoms with Gasteiger partial charge < -0.3 is 5.73 Å². The van der Waals surface area contributed by atoms with Crippen LogP contribution in [0.1, 0.15) is 22.7 Å². The fourth-order valence-electron chi connectivity index (χ4n) is 1.89. The quantitative estimate of drug-likeness (QED) is 0.895. The number of benzene rings is 2. The average Bonchev–Trinajstić information content (AvgIpc) is 2.37. The number of hydrogen-bond acceptors (Lipinski definition) is 1. The Hall–Kier alpha value is -1.26. The predicted molar refractivity (Wildman–Crippen MR) is 75.9 cm³/mol. The molecule has 0 spiro atoms. The van der Waals surface area contributed by atoms with E-state index in [4.69, 9.17) is 5.73 Å². The number of hydrogen-bond donors (Lipinski definition) is 1. The summed E-state index contributed by atoms with van der Waals surface area (Å²) in [4.78, 5) is 0. The lowest BCUT2D eigenvalue weighted by Gasteiger charge is -2.14. The lowest BCUT2D eigenvalue weighted by molar-refractivity contribution is 0.572. The fourth-order valence-corrected chi connectivity index (χ4v) is 2.29. The van der Waals surface area contributed by atoms with Gasteiger partial charge in [-0.15, -0.1) is 0 Å². The van der Waals surface area contributed by atoms with Gasteiger partial charge in [-0.1, -0.05) is 28.1 Å². The van der Waals surface area contributed by atoms with Gasteiger partial charge in [0.25, 0.3) is 0 Å². The molecular weight excluding hydrogens is 312 g/mol. The minimum atomic E-state index is -0.450. The van der Waals surface area contributed by atoms with Crippen molar-refractivity contribution in [2.45, 2.75) is 19.4 Å². The second-order valence-corrected chi connectivity index (χ2v) is 5.41. The van der Waals surface area contributed by atoms with Crippen molar-refractivity contribution in [2.75, 3.05) is 0 Å². The van der Waals surface area contributed by atoms with Crippen LogP contribution in [0.4, 0.5) is 8.78 Å². The minimum absolute atomic E-state index is 0.263. The largest absolute Gasteiger partial charge is 0.324 e. The molecule has 0 aliphatic rings. The molecule has 0 radical (unpaired) electrons. The third-order valence-electron chi connectivity index (χ3n) is 3.07. The number of nitrogens with two attached hydrogens (primary N) is 1. The van der Waals surface area contributed by atoms with E-state index in [1.807, 2.05) is 25.1 Å². The van der Waals surface area contributed by atoms with E-state index in [-0.39, 0.29) is 12.5 Å². The molecule has 2 aromatic carbocycles. The lowest BCUT2D eigenvalue weighted by Crippen LogP contribution is -2.14. The molecule has 0 aromatic heterocycles. The maximum Gasteiger partial charge on any atom is 0.126 e. The monoisotopic (exact) mass is 325 g/mol. The molecule has 1 atom stereocenters. The molecule has 2 aromatic rings. The normalized spacial score (nSPS) is 12.5. The first-order valence-corrected chi connectivity index (χ1v) is 6.72. The summed E-state index contributed by atoms with van der Waals surface area (Å²) >= 11 is 3.44. The Morgan fingerprint density at radius 2 is 1.89 bits per heavy atom. The standard InChI is InChI=1S/C15H14BrF2N/c1-9-2-3-10(7-13(9)16)15(19)8-11-6-12(17)4-5-14(11)18/h2-7,15H,8,19H2,1H3. The Morgan fingerprint density at radius 1 is 1.16 bits per heavy atom. The molecule has 0 aliphatic carbocycles. The van der Waals surface area contributed by atoms with Gasteiger partial charge in [-0.2, -0.15) is 0 Å². The first-order valence-electron chi connectivity index (χ1n) is 5.93. The Bertz CT molecular complexity index is 599. The van der Waals surface area contributed by atoms with Crippen LogP contribution in [0.15, 0.2) is 40.9 Å². The average molecular weight is 326 g/mol. The number of halogens is 3. The second-order valence-electron chi connectivity index (χ2n) is 4.55. The van der Waals surface area contributed by atoms with E-state index >= 15 is 0 Å². The zero-order chi connectivity index (χ0) is 14.0. The van der Waals surface area contributed by atoms with E-state index < -0.39 is 11.6 Å². The molecule has 19 heavy (non-hydrogen) atoms. The fraction of sp³-hybridized carbons (Fsp3) is 0.200. The van der Waals surface area contributed by atoms with E-state index in [2.05, 4.69) is 15.9 Å². The van der Waals surface area contributed by atoms with Crippen molar-refractivity contribution >= 4 is 15.9 Å². The van der Waals surface area contributed by atoms with Crippen molar-refractivity contribution in [1.82, 2.24) is 0 Å². The van der Waals surface area contributed by atoms with Crippen molar-refractivity contribution in [3.8, 4) is 0 Å². The SMILES string of the molecule is Cc1ccc(C(N)Cc2cc(F)ccc2F)cc1Br. The molecule has 0 bridgehead atoms. The molecule has 2 N–H and O–H groups in total. The molecule has 0 fully saturated rings. The smallest absolute Gasteiger partial charge is 0.126 e. The Labute approximate surface area is 119 Å². The molecule has 1 nitrogen and oxygen atoms in total. The minimum Gasteiger partial charge on any atom is -0.324 e. The molecule has 1 unspecified atom stereocenters. The third kappa shape index (κ3) is 3.39. The highest BCUT2D eigenvalue weighted by atomic mass is 79.9. The van der Waals surface area contributed by atoms with Crippen LogP contribution in [0.5, 0.6) is 0 Å². The number of aryl methyl sites for hydroxylation is 1. The van der Waals surface area contributed by atoms with E-state index in [1.165, 1.54) is 6.07 Å². The summed E-state index contributed by atoms with van der Waals surface area (Å²) in [6.45, 7) is 1.98. The molecule has 0 saturated carbocycles. The van der Waals surface area contributed by atoms with Crippen molar-refractivity contribution in [3.63, 3.8) is 0 Å². The molecule has 0 amide bonds. The summed E-state index contributed by atoms with van der Waals surface area (Å²) in [7, 11) is 0. The molecule has 0 aliphatic heterocycles. The third-order valence-corrected chi connectivity index (χ3v) is 3.93. The van der Waals surface area contributed by atoms with Gasteiger partial charge in [0.15, 0.2) is 0 Å². The van der Waals surface area contributed by atoms with Crippen molar-refractivity contribution in [2.24, 2.45) is 5.73 Å². The van der Waals surface area contributed by atoms with Crippen LogP contribution in [0.25, 0.3) is 0 Å². The lowest BCUT2D eigenvalue weighted by atomic mass is 9.98.